The van der Waals surface area contributed by atoms with E-state index in [1.807, 2.05) is 66.7 Å². The summed E-state index contributed by atoms with van der Waals surface area (Å²) < 4.78 is 3.15. The molecule has 0 radical (unpaired) electrons. The maximum Gasteiger partial charge on any atom is 0.380 e. The number of fused-ring (bicyclic) bond motifs is 3. The molecule has 0 N–H and O–H groups in total. The summed E-state index contributed by atoms with van der Waals surface area (Å²) in [5.41, 5.74) is 2.75. The Balaban J connectivity index is 1.95. The molecule has 3 aromatic carbocycles. The predicted molar refractivity (Wildman–Crippen MR) is 135 cm³/mol. The third-order valence-corrected chi connectivity index (χ3v) is 6.90. The average molecular weight is 523 g/mol. The molecule has 33 heavy (non-hydrogen) atoms. The van der Waals surface area contributed by atoms with Gasteiger partial charge >= 0.3 is 11.6 Å². The molecule has 1 amide bonds. The Labute approximate surface area is 203 Å². The Morgan fingerprint density at radius 1 is 1.00 bits per heavy atom. The molecule has 0 saturated heterocycles. The maximum atomic E-state index is 14.1. The zero-order chi connectivity index (χ0) is 23.3. The minimum absolute atomic E-state index is 0.209. The van der Waals surface area contributed by atoms with Gasteiger partial charge < -0.3 is 0 Å². The molecule has 5 rings (SSSR count). The standard InChI is InChI=1S/C25H19BrClN4O2/c1-16(32)31(2,19-11-4-3-5-12-19)30-21-14-7-6-13-20(21)24-28-22(23(26)29(24)25(30)33)17-9-8-10-18(27)15-17/h3-15H,1-2H3/q+1. The highest BCUT2D eigenvalue weighted by molar-refractivity contribution is 9.10. The van der Waals surface area contributed by atoms with Gasteiger partial charge in [-0.05, 0) is 40.2 Å². The van der Waals surface area contributed by atoms with Gasteiger partial charge in [-0.3, -0.25) is 0 Å². The van der Waals surface area contributed by atoms with Crippen LogP contribution in [0.15, 0.2) is 88.3 Å². The highest BCUT2D eigenvalue weighted by Gasteiger charge is 2.38. The molecule has 6 nitrogen and oxygen atoms in total. The molecular formula is C25H19BrClN4O2+. The fourth-order valence-electron chi connectivity index (χ4n) is 4.16. The molecule has 0 spiro atoms. The summed E-state index contributed by atoms with van der Waals surface area (Å²) in [6.45, 7) is 1.48. The zero-order valence-electron chi connectivity index (χ0n) is 17.9. The summed E-state index contributed by atoms with van der Waals surface area (Å²) >= 11 is 9.80. The van der Waals surface area contributed by atoms with E-state index in [4.69, 9.17) is 16.6 Å². The van der Waals surface area contributed by atoms with Crippen LogP contribution >= 0.6 is 27.5 Å². The van der Waals surface area contributed by atoms with Crippen LogP contribution in [0, 0.1) is 0 Å². The van der Waals surface area contributed by atoms with Crippen molar-refractivity contribution in [2.45, 2.75) is 6.92 Å². The summed E-state index contributed by atoms with van der Waals surface area (Å²) in [4.78, 5) is 32.0. The average Bonchev–Trinajstić information content (AvgIpc) is 3.17. The fraction of sp³-hybridized carbons (Fsp3) is 0.0800. The van der Waals surface area contributed by atoms with Gasteiger partial charge in [0.1, 0.15) is 22.9 Å². The summed E-state index contributed by atoms with van der Waals surface area (Å²) in [7, 11) is 1.72. The molecule has 164 valence electrons. The van der Waals surface area contributed by atoms with Crippen molar-refractivity contribution in [1.29, 1.82) is 0 Å². The fourth-order valence-corrected chi connectivity index (χ4v) is 4.99. The van der Waals surface area contributed by atoms with Crippen LogP contribution < -0.4 is 10.3 Å². The lowest BCUT2D eigenvalue weighted by Gasteiger charge is -2.31. The first-order valence-corrected chi connectivity index (χ1v) is 11.4. The molecular weight excluding hydrogens is 504 g/mol. The van der Waals surface area contributed by atoms with E-state index < -0.39 is 5.69 Å². The van der Waals surface area contributed by atoms with E-state index in [9.17, 15) is 9.59 Å². The molecule has 0 fully saturated rings. The molecule has 5 aromatic rings. The predicted octanol–water partition coefficient (Wildman–Crippen LogP) is 5.68. The van der Waals surface area contributed by atoms with Crippen molar-refractivity contribution >= 4 is 55.7 Å². The molecule has 8 heteroatoms. The lowest BCUT2D eigenvalue weighted by atomic mass is 10.2. The molecule has 2 heterocycles. The smallest absolute Gasteiger partial charge is 0.242 e. The van der Waals surface area contributed by atoms with Gasteiger partial charge in [0.05, 0.1) is 6.92 Å². The third kappa shape index (κ3) is 3.23. The van der Waals surface area contributed by atoms with Crippen LogP contribution in [0.1, 0.15) is 6.92 Å². The number of hydrogen-bond acceptors (Lipinski definition) is 3. The summed E-state index contributed by atoms with van der Waals surface area (Å²) in [6.07, 6.45) is 0. The summed E-state index contributed by atoms with van der Waals surface area (Å²) in [6, 6.07) is 24.0. The molecule has 1 unspecified atom stereocenters. The molecule has 0 aliphatic carbocycles. The van der Waals surface area contributed by atoms with Gasteiger partial charge in [-0.15, -0.1) is 9.27 Å². The number of aromatic nitrogens is 3. The Morgan fingerprint density at radius 3 is 2.39 bits per heavy atom. The molecule has 0 saturated carbocycles. The number of benzene rings is 3. The second-order valence-electron chi connectivity index (χ2n) is 7.85. The van der Waals surface area contributed by atoms with E-state index in [-0.39, 0.29) is 10.5 Å². The van der Waals surface area contributed by atoms with Crippen molar-refractivity contribution in [2.75, 3.05) is 7.05 Å². The maximum absolute atomic E-state index is 14.1. The Bertz CT molecular complexity index is 1610. The van der Waals surface area contributed by atoms with Gasteiger partial charge in [0.25, 0.3) is 0 Å². The van der Waals surface area contributed by atoms with Crippen LogP contribution in [0.4, 0.5) is 5.69 Å². The molecule has 0 bridgehead atoms. The van der Waals surface area contributed by atoms with Crippen molar-refractivity contribution in [1.82, 2.24) is 18.7 Å². The first-order valence-electron chi connectivity index (χ1n) is 10.3. The van der Waals surface area contributed by atoms with Crippen molar-refractivity contribution in [2.24, 2.45) is 0 Å². The number of carbonyl (C=O) groups excluding carboxylic acids is 1. The minimum atomic E-state index is -0.391. The lowest BCUT2D eigenvalue weighted by Crippen LogP contribution is -2.59. The lowest BCUT2D eigenvalue weighted by molar-refractivity contribution is -0.129. The van der Waals surface area contributed by atoms with Crippen LogP contribution in [0.5, 0.6) is 0 Å². The van der Waals surface area contributed by atoms with Gasteiger partial charge in [0, 0.05) is 28.1 Å². The van der Waals surface area contributed by atoms with E-state index in [0.29, 0.717) is 32.2 Å². The molecule has 2 aromatic heterocycles. The molecule has 0 aliphatic rings. The number of imidazole rings is 1. The quantitative estimate of drug-likeness (QED) is 0.287. The Kier molecular flexibility index (Phi) is 5.20. The van der Waals surface area contributed by atoms with Gasteiger partial charge in [0.15, 0.2) is 11.3 Å². The molecule has 0 aliphatic heterocycles. The van der Waals surface area contributed by atoms with Crippen LogP contribution in [-0.2, 0) is 4.79 Å². The SMILES string of the molecule is CC(=O)[N+](C)(c1ccccc1)n1c(=O)n2c(Br)c(-c3cccc(Cl)c3)nc2c2ccccc21. The van der Waals surface area contributed by atoms with Gasteiger partial charge in [-0.1, -0.05) is 54.1 Å². The summed E-state index contributed by atoms with van der Waals surface area (Å²) in [5.74, 6) is -0.209. The van der Waals surface area contributed by atoms with Gasteiger partial charge in [-0.2, -0.15) is 0 Å². The number of quaternary nitrogens is 1. The van der Waals surface area contributed by atoms with E-state index in [1.165, 1.54) is 16.0 Å². The highest BCUT2D eigenvalue weighted by atomic mass is 79.9. The number of rotatable bonds is 3. The highest BCUT2D eigenvalue weighted by Crippen LogP contribution is 2.33. The second-order valence-corrected chi connectivity index (χ2v) is 9.03. The van der Waals surface area contributed by atoms with Crippen LogP contribution in [-0.4, -0.2) is 27.0 Å². The second kappa shape index (κ2) is 7.95. The number of nitrogens with zero attached hydrogens (tertiary/aromatic N) is 4. The molecule has 1 atom stereocenters. The van der Waals surface area contributed by atoms with Crippen molar-refractivity contribution in [3.05, 3.63) is 99.0 Å². The largest absolute Gasteiger partial charge is 0.380 e. The zero-order valence-corrected chi connectivity index (χ0v) is 20.2. The van der Waals surface area contributed by atoms with Crippen LogP contribution in [0.3, 0.4) is 0 Å². The van der Waals surface area contributed by atoms with Crippen LogP contribution in [0.2, 0.25) is 5.02 Å². The van der Waals surface area contributed by atoms with Crippen molar-refractivity contribution in [3.8, 4) is 11.3 Å². The van der Waals surface area contributed by atoms with Crippen LogP contribution in [0.25, 0.3) is 27.8 Å². The first kappa shape index (κ1) is 21.6. The summed E-state index contributed by atoms with van der Waals surface area (Å²) in [5, 5.41) is 1.32. The number of para-hydroxylation sites is 2. The number of halogens is 2. The van der Waals surface area contributed by atoms with E-state index in [1.54, 1.807) is 19.2 Å². The third-order valence-electron chi connectivity index (χ3n) is 5.94. The number of hydrogen-bond donors (Lipinski definition) is 0. The van der Waals surface area contributed by atoms with Gasteiger partial charge in [-0.25, -0.2) is 19.0 Å². The first-order chi connectivity index (χ1) is 15.8. The van der Waals surface area contributed by atoms with Crippen molar-refractivity contribution in [3.63, 3.8) is 0 Å². The normalized spacial score (nSPS) is 13.3. The Hall–Kier alpha value is -3.26. The van der Waals surface area contributed by atoms with E-state index in [0.717, 1.165) is 10.9 Å². The van der Waals surface area contributed by atoms with Crippen molar-refractivity contribution < 1.29 is 4.79 Å². The number of carbonyl (C=O) groups is 1. The number of amides is 1. The monoisotopic (exact) mass is 521 g/mol. The Morgan fingerprint density at radius 2 is 1.70 bits per heavy atom. The van der Waals surface area contributed by atoms with E-state index >= 15 is 0 Å². The minimum Gasteiger partial charge on any atom is -0.242 e. The van der Waals surface area contributed by atoms with E-state index in [2.05, 4.69) is 15.9 Å². The topological polar surface area (TPSA) is 56.4 Å². The van der Waals surface area contributed by atoms with Gasteiger partial charge in [0.2, 0.25) is 0 Å².